The number of carbonyl (C=O) groups is 2. The maximum Gasteiger partial charge on any atom is 0.311 e. The molecule has 0 atom stereocenters. The second kappa shape index (κ2) is 6.06. The Morgan fingerprint density at radius 2 is 2.05 bits per heavy atom. The van der Waals surface area contributed by atoms with Crippen molar-refractivity contribution in [2.45, 2.75) is 58.3 Å². The molecule has 1 heterocycles. The van der Waals surface area contributed by atoms with Gasteiger partial charge in [-0.15, -0.1) is 0 Å². The molecule has 122 valence electrons. The molecule has 1 aliphatic rings. The van der Waals surface area contributed by atoms with Crippen molar-refractivity contribution in [1.82, 2.24) is 15.5 Å². The van der Waals surface area contributed by atoms with E-state index in [-0.39, 0.29) is 17.9 Å². The Kier molecular flexibility index (Phi) is 4.53. The molecule has 2 rings (SSSR count). The van der Waals surface area contributed by atoms with E-state index in [2.05, 4.69) is 15.5 Å². The molecule has 1 aromatic heterocycles. The first-order chi connectivity index (χ1) is 10.2. The molecule has 7 nitrogen and oxygen atoms in total. The van der Waals surface area contributed by atoms with Gasteiger partial charge in [0, 0.05) is 24.8 Å². The standard InChI is InChI=1S/C15H23N3O4/c1-14(2,3)12-17-11(22-18-12)6-4-5-10(19)16-9-15(7-8-15)13(20)21/h4-9H2,1-3H3,(H,16,19)(H,20,21). The summed E-state index contributed by atoms with van der Waals surface area (Å²) in [6.07, 6.45) is 2.74. The van der Waals surface area contributed by atoms with Crippen LogP contribution in [0.15, 0.2) is 4.52 Å². The van der Waals surface area contributed by atoms with Gasteiger partial charge in [-0.2, -0.15) is 4.98 Å². The van der Waals surface area contributed by atoms with Crippen LogP contribution < -0.4 is 5.32 Å². The average Bonchev–Trinajstić information content (AvgIpc) is 3.06. The number of nitrogens with one attached hydrogen (secondary N) is 1. The Balaban J connectivity index is 1.69. The second-order valence-corrected chi connectivity index (χ2v) is 6.98. The van der Waals surface area contributed by atoms with Gasteiger partial charge in [0.05, 0.1) is 5.41 Å². The van der Waals surface area contributed by atoms with E-state index in [1.165, 1.54) is 0 Å². The van der Waals surface area contributed by atoms with Crippen molar-refractivity contribution in [3.63, 3.8) is 0 Å². The van der Waals surface area contributed by atoms with Crippen molar-refractivity contribution in [2.24, 2.45) is 5.41 Å². The molecule has 1 saturated carbocycles. The number of aryl methyl sites for hydroxylation is 1. The van der Waals surface area contributed by atoms with Gasteiger partial charge in [0.15, 0.2) is 5.82 Å². The molecule has 1 amide bonds. The zero-order valence-electron chi connectivity index (χ0n) is 13.3. The van der Waals surface area contributed by atoms with Crippen LogP contribution in [0.2, 0.25) is 0 Å². The Morgan fingerprint density at radius 3 is 2.55 bits per heavy atom. The minimum atomic E-state index is -0.826. The predicted octanol–water partition coefficient (Wildman–Crippen LogP) is 1.67. The molecule has 0 bridgehead atoms. The first kappa shape index (κ1) is 16.5. The quantitative estimate of drug-likeness (QED) is 0.793. The van der Waals surface area contributed by atoms with Gasteiger partial charge in [0.2, 0.25) is 11.8 Å². The minimum absolute atomic E-state index is 0.136. The molecule has 2 N–H and O–H groups in total. The van der Waals surface area contributed by atoms with Crippen LogP contribution in [-0.2, 0) is 21.4 Å². The summed E-state index contributed by atoms with van der Waals surface area (Å²) in [7, 11) is 0. The Labute approximate surface area is 129 Å². The van der Waals surface area contributed by atoms with E-state index in [4.69, 9.17) is 9.63 Å². The molecule has 0 saturated heterocycles. The first-order valence-electron chi connectivity index (χ1n) is 7.56. The summed E-state index contributed by atoms with van der Waals surface area (Å²) in [6.45, 7) is 6.23. The van der Waals surface area contributed by atoms with Crippen LogP contribution in [0, 0.1) is 5.41 Å². The SMILES string of the molecule is CC(C)(C)c1noc(CCCC(=O)NCC2(C(=O)O)CC2)n1. The molecule has 1 aliphatic carbocycles. The van der Waals surface area contributed by atoms with E-state index < -0.39 is 11.4 Å². The number of nitrogens with zero attached hydrogens (tertiary/aromatic N) is 2. The molecule has 22 heavy (non-hydrogen) atoms. The molecule has 0 spiro atoms. The van der Waals surface area contributed by atoms with Crippen LogP contribution in [0.4, 0.5) is 0 Å². The maximum absolute atomic E-state index is 11.7. The van der Waals surface area contributed by atoms with Crippen LogP contribution in [0.1, 0.15) is 58.2 Å². The molecule has 0 aromatic carbocycles. The lowest BCUT2D eigenvalue weighted by molar-refractivity contribution is -0.143. The van der Waals surface area contributed by atoms with Crippen molar-refractivity contribution >= 4 is 11.9 Å². The van der Waals surface area contributed by atoms with E-state index in [0.717, 1.165) is 0 Å². The number of hydrogen-bond acceptors (Lipinski definition) is 5. The summed E-state index contributed by atoms with van der Waals surface area (Å²) in [5, 5.41) is 15.7. The van der Waals surface area contributed by atoms with E-state index in [1.54, 1.807) is 0 Å². The average molecular weight is 309 g/mol. The second-order valence-electron chi connectivity index (χ2n) is 6.98. The number of hydrogen-bond donors (Lipinski definition) is 2. The minimum Gasteiger partial charge on any atom is -0.481 e. The van der Waals surface area contributed by atoms with Crippen molar-refractivity contribution in [3.05, 3.63) is 11.7 Å². The molecule has 1 fully saturated rings. The van der Waals surface area contributed by atoms with Crippen molar-refractivity contribution in [1.29, 1.82) is 0 Å². The molecular weight excluding hydrogens is 286 g/mol. The van der Waals surface area contributed by atoms with Crippen molar-refractivity contribution < 1.29 is 19.2 Å². The highest BCUT2D eigenvalue weighted by atomic mass is 16.5. The lowest BCUT2D eigenvalue weighted by Crippen LogP contribution is -2.34. The maximum atomic E-state index is 11.7. The smallest absolute Gasteiger partial charge is 0.311 e. The number of carboxylic acid groups (broad SMARTS) is 1. The monoisotopic (exact) mass is 309 g/mol. The number of aliphatic carboxylic acids is 1. The summed E-state index contributed by atoms with van der Waals surface area (Å²) in [5.41, 5.74) is -0.877. The lowest BCUT2D eigenvalue weighted by atomic mass is 9.96. The summed E-state index contributed by atoms with van der Waals surface area (Å²) in [5.74, 6) is 0.225. The van der Waals surface area contributed by atoms with Crippen LogP contribution in [0.5, 0.6) is 0 Å². The Morgan fingerprint density at radius 1 is 1.36 bits per heavy atom. The highest BCUT2D eigenvalue weighted by Gasteiger charge is 2.50. The fourth-order valence-electron chi connectivity index (χ4n) is 2.03. The Hall–Kier alpha value is -1.92. The van der Waals surface area contributed by atoms with Gasteiger partial charge < -0.3 is 14.9 Å². The van der Waals surface area contributed by atoms with Crippen molar-refractivity contribution in [3.8, 4) is 0 Å². The molecule has 0 aliphatic heterocycles. The molecule has 7 heteroatoms. The number of aromatic nitrogens is 2. The normalized spacial score (nSPS) is 16.3. The number of carbonyl (C=O) groups excluding carboxylic acids is 1. The van der Waals surface area contributed by atoms with Crippen LogP contribution in [0.3, 0.4) is 0 Å². The summed E-state index contributed by atoms with van der Waals surface area (Å²) in [6, 6.07) is 0. The Bertz CT molecular complexity index is 555. The van der Waals surface area contributed by atoms with Gasteiger partial charge in [-0.3, -0.25) is 9.59 Å². The van der Waals surface area contributed by atoms with Crippen LogP contribution in [0.25, 0.3) is 0 Å². The molecular formula is C15H23N3O4. The molecule has 1 aromatic rings. The van der Waals surface area contributed by atoms with Gasteiger partial charge >= 0.3 is 5.97 Å². The van der Waals surface area contributed by atoms with Crippen LogP contribution in [-0.4, -0.2) is 33.7 Å². The van der Waals surface area contributed by atoms with Gasteiger partial charge in [-0.25, -0.2) is 0 Å². The van der Waals surface area contributed by atoms with Crippen molar-refractivity contribution in [2.75, 3.05) is 6.54 Å². The number of rotatable bonds is 7. The summed E-state index contributed by atoms with van der Waals surface area (Å²) in [4.78, 5) is 27.0. The highest BCUT2D eigenvalue weighted by molar-refractivity contribution is 5.80. The van der Waals surface area contributed by atoms with E-state index >= 15 is 0 Å². The third kappa shape index (κ3) is 4.05. The number of amides is 1. The topological polar surface area (TPSA) is 105 Å². The van der Waals surface area contributed by atoms with Gasteiger partial charge in [0.1, 0.15) is 0 Å². The lowest BCUT2D eigenvalue weighted by Gasteiger charge is -2.11. The van der Waals surface area contributed by atoms with E-state index in [9.17, 15) is 9.59 Å². The summed E-state index contributed by atoms with van der Waals surface area (Å²) >= 11 is 0. The zero-order valence-corrected chi connectivity index (χ0v) is 13.3. The van der Waals surface area contributed by atoms with Gasteiger partial charge in [0.25, 0.3) is 0 Å². The summed E-state index contributed by atoms with van der Waals surface area (Å²) < 4.78 is 5.16. The first-order valence-corrected chi connectivity index (χ1v) is 7.56. The van der Waals surface area contributed by atoms with E-state index in [1.807, 2.05) is 20.8 Å². The largest absolute Gasteiger partial charge is 0.481 e. The van der Waals surface area contributed by atoms with Gasteiger partial charge in [-0.1, -0.05) is 25.9 Å². The van der Waals surface area contributed by atoms with Crippen LogP contribution >= 0.6 is 0 Å². The third-order valence-electron chi connectivity index (χ3n) is 3.86. The zero-order chi connectivity index (χ0) is 16.4. The highest BCUT2D eigenvalue weighted by Crippen LogP contribution is 2.45. The van der Waals surface area contributed by atoms with E-state index in [0.29, 0.717) is 43.8 Å². The molecule has 0 unspecified atom stereocenters. The molecule has 0 radical (unpaired) electrons. The fourth-order valence-corrected chi connectivity index (χ4v) is 2.03. The fraction of sp³-hybridized carbons (Fsp3) is 0.733. The number of carboxylic acids is 1. The predicted molar refractivity (Wildman–Crippen MR) is 78.2 cm³/mol. The van der Waals surface area contributed by atoms with Gasteiger partial charge in [-0.05, 0) is 19.3 Å². The third-order valence-corrected chi connectivity index (χ3v) is 3.86.